The van der Waals surface area contributed by atoms with E-state index in [1.807, 2.05) is 19.9 Å². The number of aromatic nitrogens is 3. The zero-order chi connectivity index (χ0) is 25.3. The molecule has 0 radical (unpaired) electrons. The number of allylic oxidation sites excluding steroid dienone is 4. The molecular weight excluding hydrogens is 518 g/mol. The van der Waals surface area contributed by atoms with Gasteiger partial charge in [-0.15, -0.1) is 0 Å². The van der Waals surface area contributed by atoms with Gasteiger partial charge in [0, 0.05) is 24.7 Å². The van der Waals surface area contributed by atoms with Gasteiger partial charge >= 0.3 is 0 Å². The summed E-state index contributed by atoms with van der Waals surface area (Å²) >= 11 is 3.45. The molecule has 4 N–H and O–H groups in total. The van der Waals surface area contributed by atoms with Crippen LogP contribution in [0.25, 0.3) is 16.9 Å². The Bertz CT molecular complexity index is 1310. The number of nitrogens with zero attached hydrogens (tertiary/aromatic N) is 3. The number of benzene rings is 1. The van der Waals surface area contributed by atoms with E-state index < -0.39 is 9.71 Å². The standard InChI is InChI=1S/C22H24BrN5O3S.C2H6/c1-4-5-9-19(29)15(2)32(3,31)26-12-11-24-21-13-18(16-8-6-7-10-20(16)30)27-22-17(23)14-25-28(21)22;1-2/h4-10,13-14,24,29-30H,1,3,11-12H2,2H3,(H,26,31);1-2H3/b9-5-,19-15-;. The third-order valence-electron chi connectivity index (χ3n) is 4.62. The lowest BCUT2D eigenvalue weighted by Crippen LogP contribution is -2.30. The Labute approximate surface area is 209 Å². The maximum atomic E-state index is 12.8. The van der Waals surface area contributed by atoms with Crippen molar-refractivity contribution in [3.8, 4) is 17.0 Å². The molecule has 0 spiro atoms. The molecule has 0 bridgehead atoms. The maximum absolute atomic E-state index is 12.8. The van der Waals surface area contributed by atoms with E-state index in [0.717, 1.165) is 0 Å². The van der Waals surface area contributed by atoms with Gasteiger partial charge < -0.3 is 15.5 Å². The average molecular weight is 549 g/mol. The van der Waals surface area contributed by atoms with E-state index in [-0.39, 0.29) is 16.4 Å². The molecule has 10 heteroatoms. The lowest BCUT2D eigenvalue weighted by atomic mass is 10.1. The average Bonchev–Trinajstić information content (AvgIpc) is 3.22. The summed E-state index contributed by atoms with van der Waals surface area (Å²) in [5, 5.41) is 27.8. The van der Waals surface area contributed by atoms with Crippen LogP contribution >= 0.6 is 15.9 Å². The first-order valence-electron chi connectivity index (χ1n) is 10.6. The largest absolute Gasteiger partial charge is 0.507 e. The first kappa shape index (κ1) is 27.2. The third kappa shape index (κ3) is 6.49. The Hall–Kier alpha value is -3.08. The Morgan fingerprint density at radius 1 is 1.29 bits per heavy atom. The summed E-state index contributed by atoms with van der Waals surface area (Å²) in [4.78, 5) is 4.85. The number of para-hydroxylation sites is 1. The van der Waals surface area contributed by atoms with Crippen molar-refractivity contribution in [1.82, 2.24) is 19.3 Å². The van der Waals surface area contributed by atoms with Crippen LogP contribution in [-0.4, -0.2) is 48.0 Å². The first-order valence-corrected chi connectivity index (χ1v) is 13.1. The number of nitrogens with one attached hydrogen (secondary N) is 2. The van der Waals surface area contributed by atoms with Gasteiger partial charge in [0.1, 0.15) is 17.3 Å². The SMILES string of the molecule is C=C/C=C\C(O)=C(/C)S(=C)(=O)NCCNc1cc(-c2ccccc2O)nc2c(Br)cnn12.CC. The number of aliphatic hydroxyl groups is 1. The predicted molar refractivity (Wildman–Crippen MR) is 146 cm³/mol. The summed E-state index contributed by atoms with van der Waals surface area (Å²) < 4.78 is 18.0. The number of rotatable bonds is 9. The van der Waals surface area contributed by atoms with E-state index in [1.165, 1.54) is 12.2 Å². The zero-order valence-electron chi connectivity index (χ0n) is 19.5. The number of phenols is 1. The van der Waals surface area contributed by atoms with Crippen molar-refractivity contribution >= 4 is 43.0 Å². The topological polar surface area (TPSA) is 112 Å². The number of aromatic hydroxyl groups is 1. The highest BCUT2D eigenvalue weighted by atomic mass is 79.9. The Balaban J connectivity index is 0.00000199. The minimum absolute atomic E-state index is 0.116. The van der Waals surface area contributed by atoms with Crippen molar-refractivity contribution in [2.45, 2.75) is 20.8 Å². The first-order chi connectivity index (χ1) is 16.2. The zero-order valence-corrected chi connectivity index (χ0v) is 21.9. The van der Waals surface area contributed by atoms with E-state index in [4.69, 9.17) is 0 Å². The second-order valence-corrected chi connectivity index (χ2v) is 9.91. The van der Waals surface area contributed by atoms with E-state index in [1.54, 1.807) is 48.0 Å². The number of aliphatic hydroxyl groups excluding tert-OH is 1. The van der Waals surface area contributed by atoms with Crippen LogP contribution in [0.4, 0.5) is 5.82 Å². The van der Waals surface area contributed by atoms with Gasteiger partial charge in [0.15, 0.2) is 5.65 Å². The van der Waals surface area contributed by atoms with E-state index in [0.29, 0.717) is 40.3 Å². The predicted octanol–water partition coefficient (Wildman–Crippen LogP) is 5.06. The van der Waals surface area contributed by atoms with Crippen LogP contribution < -0.4 is 10.0 Å². The summed E-state index contributed by atoms with van der Waals surface area (Å²) in [6.45, 7) is 9.79. The third-order valence-corrected chi connectivity index (χ3v) is 7.05. The van der Waals surface area contributed by atoms with E-state index in [2.05, 4.69) is 48.5 Å². The molecule has 2 aromatic heterocycles. The highest BCUT2D eigenvalue weighted by molar-refractivity contribution is 9.10. The van der Waals surface area contributed by atoms with Gasteiger partial charge in [-0.1, -0.05) is 44.7 Å². The summed E-state index contributed by atoms with van der Waals surface area (Å²) in [5.74, 6) is 4.36. The van der Waals surface area contributed by atoms with Crippen molar-refractivity contribution < 1.29 is 14.4 Å². The molecule has 0 aliphatic heterocycles. The van der Waals surface area contributed by atoms with Gasteiger partial charge in [-0.05, 0) is 46.9 Å². The number of anilines is 1. The fourth-order valence-electron chi connectivity index (χ4n) is 2.85. The molecule has 0 fully saturated rings. The van der Waals surface area contributed by atoms with E-state index >= 15 is 0 Å². The van der Waals surface area contributed by atoms with Gasteiger partial charge in [0.2, 0.25) is 0 Å². The van der Waals surface area contributed by atoms with Crippen LogP contribution in [0.5, 0.6) is 5.75 Å². The molecule has 1 aromatic carbocycles. The Morgan fingerprint density at radius 2 is 2.00 bits per heavy atom. The normalized spacial score (nSPS) is 13.6. The molecule has 3 aromatic rings. The van der Waals surface area contributed by atoms with E-state index in [9.17, 15) is 14.4 Å². The number of hydrogen-bond acceptors (Lipinski definition) is 6. The highest BCUT2D eigenvalue weighted by Crippen LogP contribution is 2.30. The van der Waals surface area contributed by atoms with Gasteiger partial charge in [-0.25, -0.2) is 13.9 Å². The van der Waals surface area contributed by atoms with Gasteiger partial charge in [0.25, 0.3) is 0 Å². The van der Waals surface area contributed by atoms with Gasteiger partial charge in [0.05, 0.1) is 31.0 Å². The second-order valence-electron chi connectivity index (χ2n) is 6.80. The van der Waals surface area contributed by atoms with Crippen LogP contribution in [-0.2, 0) is 9.71 Å². The van der Waals surface area contributed by atoms with Crippen molar-refractivity contribution in [3.63, 3.8) is 0 Å². The highest BCUT2D eigenvalue weighted by Gasteiger charge is 2.14. The van der Waals surface area contributed by atoms with Crippen LogP contribution in [0.1, 0.15) is 20.8 Å². The minimum atomic E-state index is -2.86. The van der Waals surface area contributed by atoms with Crippen LogP contribution in [0.3, 0.4) is 0 Å². The molecule has 0 aliphatic carbocycles. The summed E-state index contributed by atoms with van der Waals surface area (Å²) in [6, 6.07) is 8.73. The fourth-order valence-corrected chi connectivity index (χ4v) is 4.25. The number of phenolic OH excluding ortho intramolecular Hbond substituents is 1. The molecule has 1 atom stereocenters. The number of fused-ring (bicyclic) bond motifs is 1. The molecule has 2 heterocycles. The fraction of sp³-hybridized carbons (Fsp3) is 0.208. The molecule has 182 valence electrons. The molecule has 0 saturated carbocycles. The molecular formula is C24H30BrN5O3S. The van der Waals surface area contributed by atoms with Crippen LogP contribution in [0.2, 0.25) is 0 Å². The van der Waals surface area contributed by atoms with Gasteiger partial charge in [-0.2, -0.15) is 9.61 Å². The molecule has 1 unspecified atom stereocenters. The molecule has 0 aliphatic rings. The molecule has 0 saturated heterocycles. The number of hydrogen-bond donors (Lipinski definition) is 4. The molecule has 34 heavy (non-hydrogen) atoms. The van der Waals surface area contributed by atoms with Crippen molar-refractivity contribution in [2.24, 2.45) is 0 Å². The van der Waals surface area contributed by atoms with Crippen molar-refractivity contribution in [1.29, 1.82) is 0 Å². The Morgan fingerprint density at radius 3 is 2.68 bits per heavy atom. The van der Waals surface area contributed by atoms with Gasteiger partial charge in [-0.3, -0.25) is 0 Å². The second kappa shape index (κ2) is 12.4. The van der Waals surface area contributed by atoms with Crippen molar-refractivity contribution in [2.75, 3.05) is 18.4 Å². The maximum Gasteiger partial charge on any atom is 0.172 e. The Kier molecular flexibility index (Phi) is 9.91. The summed E-state index contributed by atoms with van der Waals surface area (Å²) in [6.07, 6.45) is 6.11. The van der Waals surface area contributed by atoms with Crippen molar-refractivity contribution in [3.05, 3.63) is 76.5 Å². The quantitative estimate of drug-likeness (QED) is 0.129. The summed E-state index contributed by atoms with van der Waals surface area (Å²) in [7, 11) is -2.86. The number of halogens is 1. The minimum Gasteiger partial charge on any atom is -0.507 e. The molecule has 8 nitrogen and oxygen atoms in total. The van der Waals surface area contributed by atoms with Crippen LogP contribution in [0, 0.1) is 0 Å². The molecule has 3 rings (SSSR count). The smallest absolute Gasteiger partial charge is 0.172 e. The summed E-state index contributed by atoms with van der Waals surface area (Å²) in [5.41, 5.74) is 1.75. The lowest BCUT2D eigenvalue weighted by molar-refractivity contribution is 0.429. The monoisotopic (exact) mass is 547 g/mol. The molecule has 0 amide bonds. The van der Waals surface area contributed by atoms with Crippen LogP contribution in [0.15, 0.2) is 76.5 Å². The lowest BCUT2D eigenvalue weighted by Gasteiger charge is -2.15.